The molecule has 3 heteroatoms. The van der Waals surface area contributed by atoms with Crippen LogP contribution in [0.2, 0.25) is 0 Å². The molecule has 0 bridgehead atoms. The Balaban J connectivity index is 2.98. The molecule has 0 aromatic carbocycles. The second kappa shape index (κ2) is 4.14. The van der Waals surface area contributed by atoms with Crippen LogP contribution in [-0.2, 0) is 0 Å². The zero-order chi connectivity index (χ0) is 9.84. The molecule has 70 valence electrons. The van der Waals surface area contributed by atoms with Gasteiger partial charge in [0.1, 0.15) is 5.82 Å². The Morgan fingerprint density at radius 2 is 2.31 bits per heavy atom. The van der Waals surface area contributed by atoms with Gasteiger partial charge in [-0.3, -0.25) is 0 Å². The Morgan fingerprint density at radius 1 is 1.62 bits per heavy atom. The molecule has 1 heterocycles. The van der Waals surface area contributed by atoms with E-state index in [2.05, 4.69) is 21.9 Å². The van der Waals surface area contributed by atoms with E-state index in [0.717, 1.165) is 17.1 Å². The van der Waals surface area contributed by atoms with Gasteiger partial charge < -0.3 is 5.32 Å². The van der Waals surface area contributed by atoms with Crippen molar-refractivity contribution < 1.29 is 0 Å². The Morgan fingerprint density at radius 3 is 2.77 bits per heavy atom. The summed E-state index contributed by atoms with van der Waals surface area (Å²) in [7, 11) is 1.90. The molecule has 13 heavy (non-hydrogen) atoms. The molecular weight excluding hydrogens is 162 g/mol. The standard InChI is InChI=1S/C10H15N3/c1-7(2)10(11-4)9-5-6-12-8(3)13-9/h5-6,10-11H,1H2,2-4H3. The zero-order valence-electron chi connectivity index (χ0n) is 8.33. The molecule has 0 radical (unpaired) electrons. The Kier molecular flexibility index (Phi) is 3.14. The second-order valence-electron chi connectivity index (χ2n) is 3.10. The highest BCUT2D eigenvalue weighted by atomic mass is 14.9. The van der Waals surface area contributed by atoms with Crippen LogP contribution >= 0.6 is 0 Å². The molecule has 0 amide bonds. The highest BCUT2D eigenvalue weighted by Crippen LogP contribution is 2.16. The maximum absolute atomic E-state index is 4.33. The minimum atomic E-state index is 0.127. The van der Waals surface area contributed by atoms with Crippen LogP contribution in [0.15, 0.2) is 24.4 Å². The van der Waals surface area contributed by atoms with Gasteiger partial charge in [0.15, 0.2) is 0 Å². The van der Waals surface area contributed by atoms with Gasteiger partial charge in [0, 0.05) is 6.20 Å². The summed E-state index contributed by atoms with van der Waals surface area (Å²) in [6.45, 7) is 7.78. The normalized spacial score (nSPS) is 12.5. The number of likely N-dealkylation sites (N-methyl/N-ethyl adjacent to an activating group) is 1. The van der Waals surface area contributed by atoms with Crippen molar-refractivity contribution >= 4 is 0 Å². The molecule has 1 N–H and O–H groups in total. The van der Waals surface area contributed by atoms with Crippen molar-refractivity contribution in [3.8, 4) is 0 Å². The topological polar surface area (TPSA) is 37.8 Å². The van der Waals surface area contributed by atoms with Gasteiger partial charge in [-0.25, -0.2) is 9.97 Å². The van der Waals surface area contributed by atoms with E-state index >= 15 is 0 Å². The van der Waals surface area contributed by atoms with E-state index in [1.54, 1.807) is 6.20 Å². The highest BCUT2D eigenvalue weighted by Gasteiger charge is 2.10. The maximum Gasteiger partial charge on any atom is 0.125 e. The summed E-state index contributed by atoms with van der Waals surface area (Å²) in [4.78, 5) is 8.38. The third-order valence-electron chi connectivity index (χ3n) is 1.87. The quantitative estimate of drug-likeness (QED) is 0.713. The third kappa shape index (κ3) is 2.36. The van der Waals surface area contributed by atoms with Crippen molar-refractivity contribution in [2.24, 2.45) is 0 Å². The third-order valence-corrected chi connectivity index (χ3v) is 1.87. The average molecular weight is 177 g/mol. The predicted molar refractivity (Wildman–Crippen MR) is 53.4 cm³/mol. The van der Waals surface area contributed by atoms with Crippen molar-refractivity contribution in [2.45, 2.75) is 19.9 Å². The lowest BCUT2D eigenvalue weighted by atomic mass is 10.1. The maximum atomic E-state index is 4.33. The summed E-state index contributed by atoms with van der Waals surface area (Å²) in [5, 5.41) is 3.16. The van der Waals surface area contributed by atoms with Crippen molar-refractivity contribution in [3.05, 3.63) is 35.9 Å². The first-order valence-corrected chi connectivity index (χ1v) is 4.27. The van der Waals surface area contributed by atoms with Crippen LogP contribution in [0.1, 0.15) is 24.5 Å². The van der Waals surface area contributed by atoms with Gasteiger partial charge in [-0.05, 0) is 27.0 Å². The molecule has 0 saturated carbocycles. The SMILES string of the molecule is C=C(C)C(NC)c1ccnc(C)n1. The molecule has 0 spiro atoms. The molecule has 1 aromatic rings. The Labute approximate surface area is 78.9 Å². The summed E-state index contributed by atoms with van der Waals surface area (Å²) in [5.41, 5.74) is 2.03. The molecule has 0 fully saturated rings. The first-order valence-electron chi connectivity index (χ1n) is 4.27. The number of hydrogen-bond acceptors (Lipinski definition) is 3. The predicted octanol–water partition coefficient (Wildman–Crippen LogP) is 1.62. The van der Waals surface area contributed by atoms with Crippen LogP contribution in [0.5, 0.6) is 0 Å². The molecule has 1 rings (SSSR count). The van der Waals surface area contributed by atoms with E-state index in [1.807, 2.05) is 27.0 Å². The molecule has 1 aromatic heterocycles. The van der Waals surface area contributed by atoms with Crippen molar-refractivity contribution in [2.75, 3.05) is 7.05 Å². The first-order chi connectivity index (χ1) is 6.15. The summed E-state index contributed by atoms with van der Waals surface area (Å²) in [6, 6.07) is 2.03. The lowest BCUT2D eigenvalue weighted by Crippen LogP contribution is -2.18. The number of aromatic nitrogens is 2. The highest BCUT2D eigenvalue weighted by molar-refractivity contribution is 5.17. The smallest absolute Gasteiger partial charge is 0.125 e. The van der Waals surface area contributed by atoms with E-state index in [4.69, 9.17) is 0 Å². The fourth-order valence-corrected chi connectivity index (χ4v) is 1.28. The zero-order valence-corrected chi connectivity index (χ0v) is 8.33. The van der Waals surface area contributed by atoms with Gasteiger partial charge in [0.2, 0.25) is 0 Å². The van der Waals surface area contributed by atoms with E-state index in [0.29, 0.717) is 0 Å². The van der Waals surface area contributed by atoms with E-state index in [-0.39, 0.29) is 6.04 Å². The minimum Gasteiger partial charge on any atom is -0.308 e. The van der Waals surface area contributed by atoms with E-state index in [1.165, 1.54) is 0 Å². The summed E-state index contributed by atoms with van der Waals surface area (Å²) >= 11 is 0. The fraction of sp³-hybridized carbons (Fsp3) is 0.400. The largest absolute Gasteiger partial charge is 0.308 e. The molecular formula is C10H15N3. The molecule has 0 aliphatic carbocycles. The van der Waals surface area contributed by atoms with Gasteiger partial charge in [0.25, 0.3) is 0 Å². The second-order valence-corrected chi connectivity index (χ2v) is 3.10. The van der Waals surface area contributed by atoms with Gasteiger partial charge in [-0.15, -0.1) is 0 Å². The Bertz CT molecular complexity index is 307. The summed E-state index contributed by atoms with van der Waals surface area (Å²) < 4.78 is 0. The number of aryl methyl sites for hydroxylation is 1. The molecule has 1 unspecified atom stereocenters. The molecule has 1 atom stereocenters. The van der Waals surface area contributed by atoms with E-state index < -0.39 is 0 Å². The molecule has 0 saturated heterocycles. The summed E-state index contributed by atoms with van der Waals surface area (Å²) in [6.07, 6.45) is 1.77. The molecule has 0 aliphatic heterocycles. The molecule has 3 nitrogen and oxygen atoms in total. The number of hydrogen-bond donors (Lipinski definition) is 1. The fourth-order valence-electron chi connectivity index (χ4n) is 1.28. The van der Waals surface area contributed by atoms with Crippen molar-refractivity contribution in [1.82, 2.24) is 15.3 Å². The monoisotopic (exact) mass is 177 g/mol. The molecule has 0 aliphatic rings. The lowest BCUT2D eigenvalue weighted by Gasteiger charge is -2.15. The van der Waals surface area contributed by atoms with Crippen molar-refractivity contribution in [1.29, 1.82) is 0 Å². The number of nitrogens with one attached hydrogen (secondary N) is 1. The van der Waals surface area contributed by atoms with Crippen LogP contribution in [0.25, 0.3) is 0 Å². The van der Waals surface area contributed by atoms with Gasteiger partial charge >= 0.3 is 0 Å². The Hall–Kier alpha value is -1.22. The van der Waals surface area contributed by atoms with Crippen molar-refractivity contribution in [3.63, 3.8) is 0 Å². The summed E-state index contributed by atoms with van der Waals surface area (Å²) in [5.74, 6) is 0.791. The van der Waals surface area contributed by atoms with Crippen LogP contribution in [0.3, 0.4) is 0 Å². The minimum absolute atomic E-state index is 0.127. The van der Waals surface area contributed by atoms with Gasteiger partial charge in [-0.1, -0.05) is 12.2 Å². The lowest BCUT2D eigenvalue weighted by molar-refractivity contribution is 0.654. The number of rotatable bonds is 3. The number of nitrogens with zero attached hydrogens (tertiary/aromatic N) is 2. The average Bonchev–Trinajstić information content (AvgIpc) is 2.04. The van der Waals surface area contributed by atoms with Crippen LogP contribution in [0.4, 0.5) is 0 Å². The van der Waals surface area contributed by atoms with E-state index in [9.17, 15) is 0 Å². The van der Waals surface area contributed by atoms with Gasteiger partial charge in [-0.2, -0.15) is 0 Å². The van der Waals surface area contributed by atoms with Crippen LogP contribution in [0, 0.1) is 6.92 Å². The van der Waals surface area contributed by atoms with Crippen LogP contribution in [-0.4, -0.2) is 17.0 Å². The van der Waals surface area contributed by atoms with Crippen LogP contribution < -0.4 is 5.32 Å². The van der Waals surface area contributed by atoms with Gasteiger partial charge in [0.05, 0.1) is 11.7 Å². The first kappa shape index (κ1) is 9.86.